The fraction of sp³-hybridized carbons (Fsp3) is 0.600. The first kappa shape index (κ1) is 12.4. The number of hydrogen-bond donors (Lipinski definition) is 2. The molecule has 0 aliphatic heterocycles. The second-order valence-electron chi connectivity index (χ2n) is 5.39. The molecular weight excluding hydrogens is 210 g/mol. The Bertz CT molecular complexity index is 346. The molecule has 2 rings (SSSR count). The molecule has 3 unspecified atom stereocenters. The average Bonchev–Trinajstić information content (AvgIpc) is 2.73. The zero-order valence-corrected chi connectivity index (χ0v) is 10.8. The van der Waals surface area contributed by atoms with E-state index in [2.05, 4.69) is 19.2 Å². The minimum atomic E-state index is 0.338. The van der Waals surface area contributed by atoms with Crippen molar-refractivity contribution in [3.05, 3.63) is 29.8 Å². The van der Waals surface area contributed by atoms with Gasteiger partial charge in [-0.2, -0.15) is 0 Å². The summed E-state index contributed by atoms with van der Waals surface area (Å²) >= 11 is 0. The Balaban J connectivity index is 1.84. The number of aromatic hydroxyl groups is 1. The summed E-state index contributed by atoms with van der Waals surface area (Å²) in [7, 11) is 0. The third kappa shape index (κ3) is 3.22. The van der Waals surface area contributed by atoms with Crippen LogP contribution < -0.4 is 5.32 Å². The highest BCUT2D eigenvalue weighted by atomic mass is 16.3. The number of nitrogens with one attached hydrogen (secondary N) is 1. The van der Waals surface area contributed by atoms with Crippen molar-refractivity contribution in [3.63, 3.8) is 0 Å². The van der Waals surface area contributed by atoms with Gasteiger partial charge in [0.25, 0.3) is 0 Å². The molecule has 1 aromatic carbocycles. The van der Waals surface area contributed by atoms with E-state index in [1.165, 1.54) is 24.8 Å². The van der Waals surface area contributed by atoms with Gasteiger partial charge in [0.2, 0.25) is 0 Å². The standard InChI is InChI=1S/C15H23NO/c1-11-4-3-5-14(11)10-16-12(2)13-6-8-15(17)9-7-13/h6-9,11-12,14,16-17H,3-5,10H2,1-2H3. The summed E-state index contributed by atoms with van der Waals surface area (Å²) < 4.78 is 0. The Kier molecular flexibility index (Phi) is 4.06. The first-order valence-electron chi connectivity index (χ1n) is 6.69. The van der Waals surface area contributed by atoms with Crippen molar-refractivity contribution in [2.24, 2.45) is 11.8 Å². The van der Waals surface area contributed by atoms with E-state index in [4.69, 9.17) is 0 Å². The number of rotatable bonds is 4. The van der Waals surface area contributed by atoms with Gasteiger partial charge in [0.15, 0.2) is 0 Å². The predicted molar refractivity (Wildman–Crippen MR) is 71.0 cm³/mol. The molecule has 1 saturated carbocycles. The molecule has 1 aliphatic carbocycles. The quantitative estimate of drug-likeness (QED) is 0.834. The van der Waals surface area contributed by atoms with Gasteiger partial charge in [-0.1, -0.05) is 31.9 Å². The Hall–Kier alpha value is -1.02. The summed E-state index contributed by atoms with van der Waals surface area (Å²) in [6.07, 6.45) is 4.15. The van der Waals surface area contributed by atoms with Crippen LogP contribution in [0.3, 0.4) is 0 Å². The molecule has 0 bridgehead atoms. The molecule has 0 aromatic heterocycles. The highest BCUT2D eigenvalue weighted by Gasteiger charge is 2.23. The van der Waals surface area contributed by atoms with E-state index in [1.54, 1.807) is 12.1 Å². The Labute approximate surface area is 104 Å². The van der Waals surface area contributed by atoms with Crippen LogP contribution in [0.1, 0.15) is 44.7 Å². The molecule has 2 heteroatoms. The van der Waals surface area contributed by atoms with Crippen molar-refractivity contribution >= 4 is 0 Å². The van der Waals surface area contributed by atoms with E-state index < -0.39 is 0 Å². The van der Waals surface area contributed by atoms with Gasteiger partial charge >= 0.3 is 0 Å². The van der Waals surface area contributed by atoms with Crippen LogP contribution in [0, 0.1) is 11.8 Å². The lowest BCUT2D eigenvalue weighted by Gasteiger charge is -2.20. The van der Waals surface area contributed by atoms with Gasteiger partial charge in [0.05, 0.1) is 0 Å². The fourth-order valence-corrected chi connectivity index (χ4v) is 2.73. The molecular formula is C15H23NO. The van der Waals surface area contributed by atoms with Crippen molar-refractivity contribution in [1.29, 1.82) is 0 Å². The van der Waals surface area contributed by atoms with Crippen LogP contribution in [0.4, 0.5) is 0 Å². The summed E-state index contributed by atoms with van der Waals surface area (Å²) in [5.74, 6) is 2.05. The normalized spacial score (nSPS) is 26.0. The predicted octanol–water partition coefficient (Wildman–Crippen LogP) is 3.48. The van der Waals surface area contributed by atoms with Gasteiger partial charge in [-0.05, 0) is 49.4 Å². The van der Waals surface area contributed by atoms with Gasteiger partial charge in [-0.15, -0.1) is 0 Å². The van der Waals surface area contributed by atoms with Crippen molar-refractivity contribution in [3.8, 4) is 5.75 Å². The molecule has 2 N–H and O–H groups in total. The molecule has 1 aliphatic rings. The zero-order chi connectivity index (χ0) is 12.3. The van der Waals surface area contributed by atoms with E-state index in [9.17, 15) is 5.11 Å². The molecule has 0 heterocycles. The highest BCUT2D eigenvalue weighted by molar-refractivity contribution is 5.27. The fourth-order valence-electron chi connectivity index (χ4n) is 2.73. The third-order valence-electron chi connectivity index (χ3n) is 4.12. The molecule has 3 atom stereocenters. The molecule has 1 fully saturated rings. The Morgan fingerprint density at radius 1 is 1.29 bits per heavy atom. The zero-order valence-electron chi connectivity index (χ0n) is 10.8. The average molecular weight is 233 g/mol. The van der Waals surface area contributed by atoms with Crippen molar-refractivity contribution in [2.75, 3.05) is 6.54 Å². The SMILES string of the molecule is CC(NCC1CCCC1C)c1ccc(O)cc1. The minimum Gasteiger partial charge on any atom is -0.508 e. The minimum absolute atomic E-state index is 0.338. The lowest BCUT2D eigenvalue weighted by Crippen LogP contribution is -2.26. The molecule has 0 spiro atoms. The van der Waals surface area contributed by atoms with Crippen LogP contribution in [-0.2, 0) is 0 Å². The van der Waals surface area contributed by atoms with Crippen LogP contribution in [-0.4, -0.2) is 11.7 Å². The Morgan fingerprint density at radius 3 is 2.59 bits per heavy atom. The molecule has 0 saturated heterocycles. The number of benzene rings is 1. The number of hydrogen-bond acceptors (Lipinski definition) is 2. The van der Waals surface area contributed by atoms with E-state index in [1.807, 2.05) is 12.1 Å². The van der Waals surface area contributed by atoms with Crippen LogP contribution in [0.2, 0.25) is 0 Å². The maximum atomic E-state index is 9.26. The summed E-state index contributed by atoms with van der Waals surface area (Å²) in [5.41, 5.74) is 1.24. The summed E-state index contributed by atoms with van der Waals surface area (Å²) in [4.78, 5) is 0. The lowest BCUT2D eigenvalue weighted by atomic mass is 9.97. The topological polar surface area (TPSA) is 32.3 Å². The largest absolute Gasteiger partial charge is 0.508 e. The smallest absolute Gasteiger partial charge is 0.115 e. The van der Waals surface area contributed by atoms with E-state index in [0.29, 0.717) is 11.8 Å². The molecule has 17 heavy (non-hydrogen) atoms. The van der Waals surface area contributed by atoms with Crippen LogP contribution in [0.25, 0.3) is 0 Å². The van der Waals surface area contributed by atoms with E-state index in [0.717, 1.165) is 18.4 Å². The van der Waals surface area contributed by atoms with Gasteiger partial charge in [0, 0.05) is 6.04 Å². The summed E-state index contributed by atoms with van der Waals surface area (Å²) in [6.45, 7) is 5.67. The molecule has 0 amide bonds. The maximum Gasteiger partial charge on any atom is 0.115 e. The second kappa shape index (κ2) is 5.54. The number of phenolic OH excluding ortho intramolecular Hbond substituents is 1. The van der Waals surface area contributed by atoms with Gasteiger partial charge in [-0.25, -0.2) is 0 Å². The van der Waals surface area contributed by atoms with Crippen molar-refractivity contribution < 1.29 is 5.11 Å². The maximum absolute atomic E-state index is 9.26. The molecule has 0 radical (unpaired) electrons. The summed E-state index contributed by atoms with van der Waals surface area (Å²) in [5, 5.41) is 12.9. The van der Waals surface area contributed by atoms with Crippen LogP contribution in [0.5, 0.6) is 5.75 Å². The summed E-state index contributed by atoms with van der Waals surface area (Å²) in [6, 6.07) is 7.86. The van der Waals surface area contributed by atoms with Crippen LogP contribution >= 0.6 is 0 Å². The van der Waals surface area contributed by atoms with Gasteiger partial charge in [0.1, 0.15) is 5.75 Å². The second-order valence-corrected chi connectivity index (χ2v) is 5.39. The first-order valence-corrected chi connectivity index (χ1v) is 6.69. The monoisotopic (exact) mass is 233 g/mol. The van der Waals surface area contributed by atoms with Gasteiger partial charge < -0.3 is 10.4 Å². The van der Waals surface area contributed by atoms with Crippen molar-refractivity contribution in [1.82, 2.24) is 5.32 Å². The van der Waals surface area contributed by atoms with E-state index in [-0.39, 0.29) is 0 Å². The number of phenols is 1. The third-order valence-corrected chi connectivity index (χ3v) is 4.12. The lowest BCUT2D eigenvalue weighted by molar-refractivity contribution is 0.375. The van der Waals surface area contributed by atoms with Gasteiger partial charge in [-0.3, -0.25) is 0 Å². The molecule has 1 aromatic rings. The first-order chi connectivity index (χ1) is 8.16. The van der Waals surface area contributed by atoms with Crippen LogP contribution in [0.15, 0.2) is 24.3 Å². The van der Waals surface area contributed by atoms with E-state index >= 15 is 0 Å². The molecule has 94 valence electrons. The Morgan fingerprint density at radius 2 is 2.00 bits per heavy atom. The highest BCUT2D eigenvalue weighted by Crippen LogP contribution is 2.31. The molecule has 2 nitrogen and oxygen atoms in total. The van der Waals surface area contributed by atoms with Crippen molar-refractivity contribution in [2.45, 2.75) is 39.2 Å².